The molecule has 184 valence electrons. The molecule has 0 aliphatic carbocycles. The van der Waals surface area contributed by atoms with Crippen LogP contribution in [0.2, 0.25) is 0 Å². The summed E-state index contributed by atoms with van der Waals surface area (Å²) >= 11 is 0. The first-order chi connectivity index (χ1) is 17.1. The third kappa shape index (κ3) is 5.32. The number of aliphatic imine (C=N–C) groups is 1. The lowest BCUT2D eigenvalue weighted by molar-refractivity contribution is -0.384. The average Bonchev–Trinajstić information content (AvgIpc) is 3.21. The first kappa shape index (κ1) is 24.8. The van der Waals surface area contributed by atoms with Crippen molar-refractivity contribution in [3.05, 3.63) is 110 Å². The minimum atomic E-state index is -3.75. The zero-order valence-electron chi connectivity index (χ0n) is 19.3. The predicted molar refractivity (Wildman–Crippen MR) is 137 cm³/mol. The highest BCUT2D eigenvalue weighted by atomic mass is 32.2. The lowest BCUT2D eigenvalue weighted by Crippen LogP contribution is -2.20. The molecule has 0 aliphatic rings. The molecule has 1 heterocycles. The van der Waals surface area contributed by atoms with Gasteiger partial charge in [-0.05, 0) is 43.2 Å². The van der Waals surface area contributed by atoms with E-state index >= 15 is 0 Å². The van der Waals surface area contributed by atoms with Crippen LogP contribution in [0.15, 0.2) is 93.5 Å². The Morgan fingerprint density at radius 2 is 1.67 bits per heavy atom. The van der Waals surface area contributed by atoms with Crippen molar-refractivity contribution in [2.75, 3.05) is 6.54 Å². The average molecular weight is 506 g/mol. The molecule has 0 amide bonds. The summed E-state index contributed by atoms with van der Waals surface area (Å²) in [5, 5.41) is 19.3. The van der Waals surface area contributed by atoms with Crippen LogP contribution in [-0.4, -0.2) is 35.4 Å². The van der Waals surface area contributed by atoms with Crippen molar-refractivity contribution in [1.29, 1.82) is 0 Å². The molecule has 0 radical (unpaired) electrons. The number of aromatic nitrogens is 2. The quantitative estimate of drug-likeness (QED) is 0.213. The van der Waals surface area contributed by atoms with Gasteiger partial charge in [0.25, 0.3) is 11.2 Å². The van der Waals surface area contributed by atoms with Crippen molar-refractivity contribution in [1.82, 2.24) is 9.78 Å². The van der Waals surface area contributed by atoms with E-state index in [0.29, 0.717) is 35.6 Å². The molecule has 3 N–H and O–H groups in total. The number of nitro benzene ring substituents is 1. The van der Waals surface area contributed by atoms with Crippen LogP contribution >= 0.6 is 0 Å². The molecule has 0 fully saturated rings. The van der Waals surface area contributed by atoms with Gasteiger partial charge in [-0.1, -0.05) is 42.5 Å². The van der Waals surface area contributed by atoms with E-state index in [1.807, 2.05) is 30.3 Å². The van der Waals surface area contributed by atoms with E-state index in [2.05, 4.69) is 10.1 Å². The van der Waals surface area contributed by atoms with Gasteiger partial charge >= 0.3 is 0 Å². The number of hydrogen-bond donors (Lipinski definition) is 2. The van der Waals surface area contributed by atoms with Crippen LogP contribution in [0.1, 0.15) is 18.1 Å². The normalized spacial score (nSPS) is 12.0. The molecule has 0 saturated heterocycles. The van der Waals surface area contributed by atoms with Gasteiger partial charge in [0.1, 0.15) is 0 Å². The Morgan fingerprint density at radius 3 is 2.25 bits per heavy atom. The van der Waals surface area contributed by atoms with Gasteiger partial charge in [-0.3, -0.25) is 25.0 Å². The molecule has 1 aromatic heterocycles. The van der Waals surface area contributed by atoms with Gasteiger partial charge in [-0.15, -0.1) is 0 Å². The second-order valence-electron chi connectivity index (χ2n) is 8.05. The van der Waals surface area contributed by atoms with Crippen LogP contribution in [0.5, 0.6) is 0 Å². The van der Waals surface area contributed by atoms with Crippen LogP contribution in [0.4, 0.5) is 5.69 Å². The molecular weight excluding hydrogens is 482 g/mol. The van der Waals surface area contributed by atoms with Gasteiger partial charge < -0.3 is 0 Å². The van der Waals surface area contributed by atoms with E-state index in [1.54, 1.807) is 19.1 Å². The number of sulfonamides is 1. The maximum Gasteiger partial charge on any atom is 0.280 e. The number of nitrogens with zero attached hydrogens (tertiary/aromatic N) is 3. The highest BCUT2D eigenvalue weighted by Crippen LogP contribution is 2.22. The molecule has 4 rings (SSSR count). The number of primary sulfonamides is 1. The second-order valence-corrected chi connectivity index (χ2v) is 9.61. The molecule has 4 aromatic rings. The highest BCUT2D eigenvalue weighted by Gasteiger charge is 2.19. The van der Waals surface area contributed by atoms with Crippen molar-refractivity contribution in [2.45, 2.75) is 18.2 Å². The van der Waals surface area contributed by atoms with E-state index in [-0.39, 0.29) is 16.1 Å². The molecule has 36 heavy (non-hydrogen) atoms. The second kappa shape index (κ2) is 10.1. The number of nitro groups is 1. The van der Waals surface area contributed by atoms with E-state index in [0.717, 1.165) is 11.1 Å². The summed E-state index contributed by atoms with van der Waals surface area (Å²) in [6, 6.07) is 21.3. The Kier molecular flexibility index (Phi) is 6.95. The molecule has 3 aromatic carbocycles. The zero-order chi connectivity index (χ0) is 25.9. The number of nitrogens with two attached hydrogens (primary N) is 1. The van der Waals surface area contributed by atoms with E-state index in [4.69, 9.17) is 5.14 Å². The van der Waals surface area contributed by atoms with Gasteiger partial charge in [-0.2, -0.15) is 0 Å². The van der Waals surface area contributed by atoms with Gasteiger partial charge in [0.05, 0.1) is 26.8 Å². The Balaban J connectivity index is 1.66. The van der Waals surface area contributed by atoms with Crippen LogP contribution in [-0.2, 0) is 16.4 Å². The Bertz CT molecular complexity index is 1590. The number of rotatable bonds is 8. The van der Waals surface area contributed by atoms with Gasteiger partial charge in [-0.25, -0.2) is 18.2 Å². The first-order valence-electron chi connectivity index (χ1n) is 10.9. The number of aromatic amines is 1. The third-order valence-corrected chi connectivity index (χ3v) is 6.56. The molecule has 11 heteroatoms. The minimum absolute atomic E-state index is 0.0394. The summed E-state index contributed by atoms with van der Waals surface area (Å²) in [6.07, 6.45) is 0.532. The predicted octanol–water partition coefficient (Wildman–Crippen LogP) is 3.44. The summed E-state index contributed by atoms with van der Waals surface area (Å²) in [4.78, 5) is 28.6. The number of hydrogen-bond acceptors (Lipinski definition) is 6. The summed E-state index contributed by atoms with van der Waals surface area (Å²) in [5.41, 5.74) is 3.21. The molecule has 0 saturated carbocycles. The molecule has 0 aliphatic heterocycles. The first-order valence-corrected chi connectivity index (χ1v) is 12.5. The fraction of sp³-hybridized carbons (Fsp3) is 0.120. The third-order valence-electron chi connectivity index (χ3n) is 5.63. The summed E-state index contributed by atoms with van der Waals surface area (Å²) in [7, 11) is -3.75. The van der Waals surface area contributed by atoms with Gasteiger partial charge in [0.15, 0.2) is 0 Å². The number of nitrogens with one attached hydrogen (secondary N) is 1. The summed E-state index contributed by atoms with van der Waals surface area (Å²) < 4.78 is 24.2. The lowest BCUT2D eigenvalue weighted by atomic mass is 10.1. The zero-order valence-corrected chi connectivity index (χ0v) is 20.1. The van der Waals surface area contributed by atoms with Crippen molar-refractivity contribution in [3.8, 4) is 16.9 Å². The van der Waals surface area contributed by atoms with Crippen molar-refractivity contribution < 1.29 is 13.3 Å². The molecule has 0 unspecified atom stereocenters. The van der Waals surface area contributed by atoms with Gasteiger partial charge in [0.2, 0.25) is 10.0 Å². The maximum absolute atomic E-state index is 13.4. The Hall–Kier alpha value is -4.35. The highest BCUT2D eigenvalue weighted by molar-refractivity contribution is 7.89. The fourth-order valence-electron chi connectivity index (χ4n) is 3.77. The number of H-pyrrole nitrogens is 1. The van der Waals surface area contributed by atoms with Crippen LogP contribution in [0.25, 0.3) is 16.9 Å². The Morgan fingerprint density at radius 1 is 1.03 bits per heavy atom. The molecule has 0 atom stereocenters. The van der Waals surface area contributed by atoms with Crippen molar-refractivity contribution in [3.63, 3.8) is 0 Å². The van der Waals surface area contributed by atoms with E-state index in [9.17, 15) is 23.3 Å². The molecular formula is C25H23N5O5S. The number of benzene rings is 3. The van der Waals surface area contributed by atoms with Crippen LogP contribution in [0, 0.1) is 10.1 Å². The monoisotopic (exact) mass is 505 g/mol. The maximum atomic E-state index is 13.4. The Labute approximate surface area is 206 Å². The smallest absolute Gasteiger partial charge is 0.280 e. The standard InChI is InChI=1S/C25H23N5O5S/c1-17(27-16-15-18-7-13-22(14-8-18)36(26,34)35)23-24(19-5-3-2-4-6-19)28-29(25(23)31)20-9-11-21(12-10-20)30(32)33/h2-14,28H,15-16H2,1H3,(H2,26,34,35). The summed E-state index contributed by atoms with van der Waals surface area (Å²) in [5.74, 6) is 0. The van der Waals surface area contributed by atoms with Crippen LogP contribution in [0.3, 0.4) is 0 Å². The van der Waals surface area contributed by atoms with E-state index < -0.39 is 14.9 Å². The van der Waals surface area contributed by atoms with Crippen molar-refractivity contribution in [2.24, 2.45) is 10.1 Å². The minimum Gasteiger partial charge on any atom is -0.290 e. The van der Waals surface area contributed by atoms with Crippen LogP contribution < -0.4 is 10.7 Å². The lowest BCUT2D eigenvalue weighted by Gasteiger charge is -2.04. The number of non-ortho nitro benzene ring substituents is 1. The molecule has 10 nitrogen and oxygen atoms in total. The van der Waals surface area contributed by atoms with Crippen molar-refractivity contribution >= 4 is 21.4 Å². The fourth-order valence-corrected chi connectivity index (χ4v) is 4.28. The van der Waals surface area contributed by atoms with E-state index in [1.165, 1.54) is 41.1 Å². The molecule has 0 bridgehead atoms. The topological polar surface area (TPSA) is 153 Å². The molecule has 0 spiro atoms. The summed E-state index contributed by atoms with van der Waals surface area (Å²) in [6.45, 7) is 2.12. The van der Waals surface area contributed by atoms with Gasteiger partial charge in [0, 0.05) is 30.0 Å². The SMILES string of the molecule is CC(=NCCc1ccc(S(N)(=O)=O)cc1)c1c(-c2ccccc2)[nH]n(-c2ccc([N+](=O)[O-])cc2)c1=O. The largest absolute Gasteiger partial charge is 0.290 e.